The molecule has 0 fully saturated rings. The Labute approximate surface area is 106 Å². The van der Waals surface area contributed by atoms with Crippen molar-refractivity contribution in [3.8, 4) is 5.75 Å². The van der Waals surface area contributed by atoms with Crippen LogP contribution in [-0.2, 0) is 6.54 Å². The van der Waals surface area contributed by atoms with Crippen LogP contribution in [0.25, 0.3) is 0 Å². The van der Waals surface area contributed by atoms with Gasteiger partial charge in [-0.2, -0.15) is 0 Å². The fourth-order valence-electron chi connectivity index (χ4n) is 1.83. The Morgan fingerprint density at radius 1 is 1.11 bits per heavy atom. The summed E-state index contributed by atoms with van der Waals surface area (Å²) in [6.45, 7) is 2.46. The van der Waals surface area contributed by atoms with Crippen LogP contribution in [0.4, 0.5) is 4.39 Å². The van der Waals surface area contributed by atoms with E-state index < -0.39 is 5.82 Å². The third-order valence-corrected chi connectivity index (χ3v) is 2.97. The minimum Gasteiger partial charge on any atom is -0.505 e. The van der Waals surface area contributed by atoms with E-state index in [1.54, 1.807) is 12.1 Å². The van der Waals surface area contributed by atoms with Crippen molar-refractivity contribution in [1.82, 2.24) is 5.32 Å². The molecule has 0 spiro atoms. The smallest absolute Gasteiger partial charge is 0.165 e. The third-order valence-electron chi connectivity index (χ3n) is 2.97. The molecule has 2 N–H and O–H groups in total. The van der Waals surface area contributed by atoms with E-state index in [9.17, 15) is 9.50 Å². The predicted octanol–water partition coefficient (Wildman–Crippen LogP) is 3.38. The Hall–Kier alpha value is -1.87. The molecule has 2 aromatic carbocycles. The van der Waals surface area contributed by atoms with Gasteiger partial charge in [0.05, 0.1) is 0 Å². The molecule has 0 unspecified atom stereocenters. The van der Waals surface area contributed by atoms with Gasteiger partial charge in [-0.3, -0.25) is 0 Å². The fourth-order valence-corrected chi connectivity index (χ4v) is 1.83. The van der Waals surface area contributed by atoms with Crippen molar-refractivity contribution in [3.05, 3.63) is 65.5 Å². The summed E-state index contributed by atoms with van der Waals surface area (Å²) in [6.07, 6.45) is 0. The number of phenols is 1. The molecule has 0 radical (unpaired) electrons. The molecule has 94 valence electrons. The highest BCUT2D eigenvalue weighted by Gasteiger charge is 2.08. The van der Waals surface area contributed by atoms with E-state index >= 15 is 0 Å². The highest BCUT2D eigenvalue weighted by molar-refractivity contribution is 5.33. The largest absolute Gasteiger partial charge is 0.505 e. The average molecular weight is 245 g/mol. The van der Waals surface area contributed by atoms with E-state index in [4.69, 9.17) is 0 Å². The SMILES string of the molecule is C[C@@H](NCc1cccc(F)c1O)c1ccccc1. The van der Waals surface area contributed by atoms with E-state index in [-0.39, 0.29) is 11.8 Å². The molecule has 2 aromatic rings. The first-order valence-corrected chi connectivity index (χ1v) is 5.93. The first-order chi connectivity index (χ1) is 8.68. The zero-order valence-electron chi connectivity index (χ0n) is 10.2. The molecule has 2 rings (SSSR count). The maximum absolute atomic E-state index is 13.1. The van der Waals surface area contributed by atoms with Gasteiger partial charge in [0.2, 0.25) is 0 Å². The highest BCUT2D eigenvalue weighted by Crippen LogP contribution is 2.21. The van der Waals surface area contributed by atoms with E-state index in [1.165, 1.54) is 6.07 Å². The van der Waals surface area contributed by atoms with Crippen LogP contribution in [0.1, 0.15) is 24.1 Å². The average Bonchev–Trinajstić information content (AvgIpc) is 2.41. The summed E-state index contributed by atoms with van der Waals surface area (Å²) >= 11 is 0. The van der Waals surface area contributed by atoms with Crippen molar-refractivity contribution in [3.63, 3.8) is 0 Å². The second-order valence-corrected chi connectivity index (χ2v) is 4.26. The first-order valence-electron chi connectivity index (χ1n) is 5.93. The lowest BCUT2D eigenvalue weighted by Gasteiger charge is -2.14. The summed E-state index contributed by atoms with van der Waals surface area (Å²) in [7, 11) is 0. The molecular weight excluding hydrogens is 229 g/mol. The Bertz CT molecular complexity index is 513. The quantitative estimate of drug-likeness (QED) is 0.865. The molecule has 0 saturated heterocycles. The summed E-state index contributed by atoms with van der Waals surface area (Å²) in [5.74, 6) is -0.855. The van der Waals surface area contributed by atoms with Crippen LogP contribution in [0.2, 0.25) is 0 Å². The van der Waals surface area contributed by atoms with Crippen molar-refractivity contribution < 1.29 is 9.50 Å². The number of hydrogen-bond donors (Lipinski definition) is 2. The maximum atomic E-state index is 13.1. The molecule has 0 saturated carbocycles. The van der Waals surface area contributed by atoms with E-state index in [0.29, 0.717) is 12.1 Å². The number of nitrogens with one attached hydrogen (secondary N) is 1. The molecule has 1 atom stereocenters. The molecule has 0 aliphatic heterocycles. The number of halogens is 1. The third kappa shape index (κ3) is 2.87. The molecule has 0 aliphatic carbocycles. The number of rotatable bonds is 4. The molecule has 0 bridgehead atoms. The topological polar surface area (TPSA) is 32.3 Å². The fraction of sp³-hybridized carbons (Fsp3) is 0.200. The summed E-state index contributed by atoms with van der Waals surface area (Å²) in [6, 6.07) is 14.7. The van der Waals surface area contributed by atoms with Crippen LogP contribution < -0.4 is 5.32 Å². The van der Waals surface area contributed by atoms with Gasteiger partial charge < -0.3 is 10.4 Å². The van der Waals surface area contributed by atoms with Gasteiger partial charge in [0.15, 0.2) is 11.6 Å². The Morgan fingerprint density at radius 2 is 1.83 bits per heavy atom. The van der Waals surface area contributed by atoms with Crippen molar-refractivity contribution in [2.45, 2.75) is 19.5 Å². The summed E-state index contributed by atoms with van der Waals surface area (Å²) in [5, 5.41) is 12.8. The summed E-state index contributed by atoms with van der Waals surface area (Å²) in [5.41, 5.74) is 1.73. The number of benzene rings is 2. The molecule has 0 aliphatic rings. The van der Waals surface area contributed by atoms with Crippen LogP contribution in [0.15, 0.2) is 48.5 Å². The minimum atomic E-state index is -0.582. The lowest BCUT2D eigenvalue weighted by Crippen LogP contribution is -2.18. The van der Waals surface area contributed by atoms with Crippen LogP contribution >= 0.6 is 0 Å². The van der Waals surface area contributed by atoms with E-state index in [1.807, 2.05) is 37.3 Å². The van der Waals surface area contributed by atoms with Gasteiger partial charge in [0.25, 0.3) is 0 Å². The molecular formula is C15H16FNO. The highest BCUT2D eigenvalue weighted by atomic mass is 19.1. The number of para-hydroxylation sites is 1. The van der Waals surface area contributed by atoms with Crippen molar-refractivity contribution in [2.75, 3.05) is 0 Å². The molecule has 18 heavy (non-hydrogen) atoms. The normalized spacial score (nSPS) is 12.3. The maximum Gasteiger partial charge on any atom is 0.165 e. The van der Waals surface area contributed by atoms with Crippen LogP contribution in [0.3, 0.4) is 0 Å². The predicted molar refractivity (Wildman–Crippen MR) is 69.8 cm³/mol. The van der Waals surface area contributed by atoms with Gasteiger partial charge in [-0.05, 0) is 18.6 Å². The lowest BCUT2D eigenvalue weighted by molar-refractivity contribution is 0.421. The molecule has 0 aromatic heterocycles. The first kappa shape index (κ1) is 12.6. The lowest BCUT2D eigenvalue weighted by atomic mass is 10.1. The molecule has 3 heteroatoms. The second-order valence-electron chi connectivity index (χ2n) is 4.26. The van der Waals surface area contributed by atoms with Crippen molar-refractivity contribution in [2.24, 2.45) is 0 Å². The van der Waals surface area contributed by atoms with Crippen LogP contribution in [0.5, 0.6) is 5.75 Å². The molecule has 0 heterocycles. The Balaban J connectivity index is 2.02. The molecule has 2 nitrogen and oxygen atoms in total. The van der Waals surface area contributed by atoms with E-state index in [0.717, 1.165) is 5.56 Å². The summed E-state index contributed by atoms with van der Waals surface area (Å²) in [4.78, 5) is 0. The van der Waals surface area contributed by atoms with Crippen LogP contribution in [0, 0.1) is 5.82 Å². The zero-order valence-corrected chi connectivity index (χ0v) is 10.2. The second kappa shape index (κ2) is 5.65. The van der Waals surface area contributed by atoms with Crippen molar-refractivity contribution in [1.29, 1.82) is 0 Å². The standard InChI is InChI=1S/C15H16FNO/c1-11(12-6-3-2-4-7-12)17-10-13-8-5-9-14(16)15(13)18/h2-9,11,17-18H,10H2,1H3/t11-/m1/s1. The number of hydrogen-bond acceptors (Lipinski definition) is 2. The number of phenolic OH excluding ortho intramolecular Hbond substituents is 1. The van der Waals surface area contributed by atoms with Gasteiger partial charge >= 0.3 is 0 Å². The number of aromatic hydroxyl groups is 1. The van der Waals surface area contributed by atoms with Crippen molar-refractivity contribution >= 4 is 0 Å². The minimum absolute atomic E-state index is 0.147. The van der Waals surface area contributed by atoms with Gasteiger partial charge in [0, 0.05) is 18.2 Å². The zero-order chi connectivity index (χ0) is 13.0. The Morgan fingerprint density at radius 3 is 2.56 bits per heavy atom. The Kier molecular flexibility index (Phi) is 3.95. The van der Waals surface area contributed by atoms with Gasteiger partial charge in [0.1, 0.15) is 0 Å². The monoisotopic (exact) mass is 245 g/mol. The van der Waals surface area contributed by atoms with Crippen LogP contribution in [-0.4, -0.2) is 5.11 Å². The van der Waals surface area contributed by atoms with E-state index in [2.05, 4.69) is 5.32 Å². The molecule has 0 amide bonds. The van der Waals surface area contributed by atoms with Gasteiger partial charge in [-0.25, -0.2) is 4.39 Å². The summed E-state index contributed by atoms with van der Waals surface area (Å²) < 4.78 is 13.1. The van der Waals surface area contributed by atoms with Gasteiger partial charge in [-0.15, -0.1) is 0 Å². The van der Waals surface area contributed by atoms with Gasteiger partial charge in [-0.1, -0.05) is 42.5 Å².